The number of nitrogens with one attached hydrogen (secondary N) is 1. The molecular weight excluding hydrogens is 819 g/mol. The highest BCUT2D eigenvalue weighted by Crippen LogP contribution is 2.46. The average Bonchev–Trinajstić information content (AvgIpc) is 3.92. The van der Waals surface area contributed by atoms with Crippen LogP contribution in [0.2, 0.25) is 0 Å². The molecule has 3 aromatic heterocycles. The maximum atomic E-state index is 15.3. The van der Waals surface area contributed by atoms with Crippen molar-refractivity contribution < 1.29 is 27.9 Å². The number of rotatable bonds is 7. The highest BCUT2D eigenvalue weighted by Gasteiger charge is 2.41. The number of anilines is 4. The predicted molar refractivity (Wildman–Crippen MR) is 240 cm³/mol. The second-order valence-electron chi connectivity index (χ2n) is 17.9. The number of aromatic nitrogens is 4. The Morgan fingerprint density at radius 2 is 1.64 bits per heavy atom. The summed E-state index contributed by atoms with van der Waals surface area (Å²) in [5, 5.41) is 9.70. The number of carbonyl (C=O) groups excluding carboxylic acids is 3. The number of aryl methyl sites for hydroxylation is 3. The fraction of sp³-hybridized carbons (Fsp3) is 0.388. The Morgan fingerprint density at radius 1 is 0.844 bits per heavy atom. The Morgan fingerprint density at radius 3 is 2.42 bits per heavy atom. The number of piperidine rings is 2. The lowest BCUT2D eigenvalue weighted by atomic mass is 9.92. The monoisotopic (exact) mass is 866 g/mol. The third-order valence-corrected chi connectivity index (χ3v) is 14.2. The van der Waals surface area contributed by atoms with Crippen LogP contribution in [0.4, 0.5) is 31.7 Å². The minimum absolute atomic E-state index is 0.0521. The minimum Gasteiger partial charge on any atom is -0.381 e. The Bertz CT molecular complexity index is 2990. The smallest absolute Gasteiger partial charge is 0.264 e. The maximum absolute atomic E-state index is 15.3. The number of hydrogen-bond donors (Lipinski definition) is 1. The molecule has 0 aliphatic carbocycles. The predicted octanol–water partition coefficient (Wildman–Crippen LogP) is 7.78. The van der Waals surface area contributed by atoms with Gasteiger partial charge in [-0.15, -0.1) is 0 Å². The molecule has 1 N–H and O–H groups in total. The first-order valence-corrected chi connectivity index (χ1v) is 22.4. The van der Waals surface area contributed by atoms with E-state index in [2.05, 4.69) is 15.1 Å². The fourth-order valence-corrected chi connectivity index (χ4v) is 10.9. The van der Waals surface area contributed by atoms with Gasteiger partial charge in [0.25, 0.3) is 17.9 Å². The van der Waals surface area contributed by atoms with E-state index in [0.717, 1.165) is 77.1 Å². The quantitative estimate of drug-likeness (QED) is 0.160. The molecular formula is C49H48F2N8O5. The summed E-state index contributed by atoms with van der Waals surface area (Å²) in [5.41, 5.74) is 7.15. The summed E-state index contributed by atoms with van der Waals surface area (Å²) in [6.07, 6.45) is 6.04. The van der Waals surface area contributed by atoms with Gasteiger partial charge in [-0.1, -0.05) is 12.1 Å². The largest absolute Gasteiger partial charge is 0.381 e. The van der Waals surface area contributed by atoms with Crippen molar-refractivity contribution in [3.63, 3.8) is 0 Å². The Balaban J connectivity index is 0.867. The van der Waals surface area contributed by atoms with Crippen LogP contribution in [0, 0.1) is 6.92 Å². The van der Waals surface area contributed by atoms with Gasteiger partial charge in [-0.2, -0.15) is 5.10 Å². The van der Waals surface area contributed by atoms with Crippen LogP contribution >= 0.6 is 0 Å². The Hall–Kier alpha value is -6.48. The van der Waals surface area contributed by atoms with Gasteiger partial charge in [0, 0.05) is 114 Å². The van der Waals surface area contributed by atoms with Gasteiger partial charge in [-0.05, 0) is 105 Å². The molecule has 0 radical (unpaired) electrons. The summed E-state index contributed by atoms with van der Waals surface area (Å²) in [6.45, 7) is 5.11. The number of fused-ring (bicyclic) bond motifs is 2. The summed E-state index contributed by atoms with van der Waals surface area (Å²) in [7, 11) is 1.78. The zero-order chi connectivity index (χ0) is 44.0. The van der Waals surface area contributed by atoms with Gasteiger partial charge in [0.15, 0.2) is 0 Å². The number of nitrogens with zero attached hydrogens (tertiary/aromatic N) is 7. The molecule has 13 nitrogen and oxygen atoms in total. The van der Waals surface area contributed by atoms with E-state index in [1.807, 2.05) is 53.3 Å². The van der Waals surface area contributed by atoms with Crippen molar-refractivity contribution in [2.45, 2.75) is 82.7 Å². The molecule has 5 aliphatic rings. The van der Waals surface area contributed by atoms with Crippen LogP contribution in [0.15, 0.2) is 71.8 Å². The number of carbonyl (C=O) groups is 3. The molecule has 0 spiro atoms. The van der Waals surface area contributed by atoms with E-state index < -0.39 is 18.4 Å². The molecule has 3 fully saturated rings. The number of imide groups is 1. The van der Waals surface area contributed by atoms with Crippen LogP contribution in [0.1, 0.15) is 96.1 Å². The SMILES string of the molecule is Cc1cc2c(N3CCCc4cc(-c5cnn(C6CCN(c7ccc8c9c(cccc79)C(=O)N8C7CCC(=O)NC7=O)CC6)c5)c(C(F)F)cc43)nc(C3CCOCC3)cc2n(C)c1=O. The van der Waals surface area contributed by atoms with Crippen LogP contribution in [0.25, 0.3) is 32.8 Å². The number of ether oxygens (including phenoxy) is 1. The number of halogens is 2. The van der Waals surface area contributed by atoms with Gasteiger partial charge >= 0.3 is 0 Å². The molecule has 0 bridgehead atoms. The molecule has 0 saturated carbocycles. The van der Waals surface area contributed by atoms with Crippen molar-refractivity contribution >= 4 is 62.3 Å². The number of benzene rings is 3. The number of hydrogen-bond acceptors (Lipinski definition) is 9. The molecule has 6 aromatic rings. The zero-order valence-corrected chi connectivity index (χ0v) is 35.8. The highest BCUT2D eigenvalue weighted by atomic mass is 19.3. The fourth-order valence-electron chi connectivity index (χ4n) is 10.9. The van der Waals surface area contributed by atoms with E-state index in [9.17, 15) is 19.2 Å². The summed E-state index contributed by atoms with van der Waals surface area (Å²) in [6, 6.07) is 16.4. The third kappa shape index (κ3) is 6.57. The van der Waals surface area contributed by atoms with Crippen molar-refractivity contribution in [3.8, 4) is 11.1 Å². The molecule has 3 amide bonds. The van der Waals surface area contributed by atoms with Gasteiger partial charge in [-0.25, -0.2) is 13.8 Å². The molecule has 3 saturated heterocycles. The van der Waals surface area contributed by atoms with Crippen molar-refractivity contribution in [1.29, 1.82) is 0 Å². The second-order valence-corrected chi connectivity index (χ2v) is 17.9. The van der Waals surface area contributed by atoms with Crippen molar-refractivity contribution in [3.05, 3.63) is 105 Å². The molecule has 328 valence electrons. The summed E-state index contributed by atoms with van der Waals surface area (Å²) in [5.74, 6) is -0.168. The first-order chi connectivity index (χ1) is 31.0. The Kier molecular flexibility index (Phi) is 9.85. The Labute approximate surface area is 367 Å². The first-order valence-electron chi connectivity index (χ1n) is 22.4. The van der Waals surface area contributed by atoms with Crippen LogP contribution < -0.4 is 25.6 Å². The van der Waals surface area contributed by atoms with E-state index in [1.54, 1.807) is 41.8 Å². The topological polar surface area (TPSA) is 135 Å². The van der Waals surface area contributed by atoms with Gasteiger partial charge < -0.3 is 19.1 Å². The molecule has 1 unspecified atom stereocenters. The molecule has 3 aromatic carbocycles. The van der Waals surface area contributed by atoms with Gasteiger partial charge in [0.2, 0.25) is 11.8 Å². The van der Waals surface area contributed by atoms with Crippen molar-refractivity contribution in [2.24, 2.45) is 7.05 Å². The average molecular weight is 867 g/mol. The number of pyridine rings is 2. The molecule has 15 heteroatoms. The van der Waals surface area contributed by atoms with Gasteiger partial charge in [0.05, 0.1) is 23.4 Å². The maximum Gasteiger partial charge on any atom is 0.264 e. The van der Waals surface area contributed by atoms with E-state index in [4.69, 9.17) is 14.8 Å². The molecule has 5 aliphatic heterocycles. The lowest BCUT2D eigenvalue weighted by Gasteiger charge is -2.35. The van der Waals surface area contributed by atoms with Gasteiger partial charge in [-0.3, -0.25) is 34.1 Å². The number of amides is 3. The van der Waals surface area contributed by atoms with E-state index in [0.29, 0.717) is 72.3 Å². The minimum atomic E-state index is -2.74. The van der Waals surface area contributed by atoms with Crippen LogP contribution in [0.3, 0.4) is 0 Å². The lowest BCUT2D eigenvalue weighted by Crippen LogP contribution is -2.53. The van der Waals surface area contributed by atoms with E-state index >= 15 is 8.78 Å². The highest BCUT2D eigenvalue weighted by molar-refractivity contribution is 6.28. The zero-order valence-electron chi connectivity index (χ0n) is 35.8. The second kappa shape index (κ2) is 15.6. The summed E-state index contributed by atoms with van der Waals surface area (Å²) < 4.78 is 39.8. The standard InChI is InChI=1S/C49H48F2N8O5/c1-27-21-36-42(55(2)48(27)62)24-37(28-14-19-64-20-15-28)53-46(36)57-16-4-5-29-22-34(35(45(50)51)23-41(29)57)30-25-52-58(26-30)31-12-17-56(18-13-31)38-8-9-39-44-32(38)6-3-7-33(44)49(63)59(39)40-10-11-43(60)54-47(40)61/h3,6-9,21-26,28,31,40,45H,4-5,10-20H2,1-2H3,(H,54,60,61). The molecule has 8 heterocycles. The van der Waals surface area contributed by atoms with Crippen LogP contribution in [0.5, 0.6) is 0 Å². The lowest BCUT2D eigenvalue weighted by molar-refractivity contribution is -0.134. The molecule has 1 atom stereocenters. The van der Waals surface area contributed by atoms with Crippen LogP contribution in [-0.2, 0) is 27.8 Å². The first kappa shape index (κ1) is 40.3. The number of alkyl halides is 2. The van der Waals surface area contributed by atoms with Gasteiger partial charge in [0.1, 0.15) is 11.9 Å². The normalized spacial score (nSPS) is 19.7. The van der Waals surface area contributed by atoms with E-state index in [-0.39, 0.29) is 47.7 Å². The third-order valence-electron chi connectivity index (χ3n) is 14.2. The van der Waals surface area contributed by atoms with Crippen molar-refractivity contribution in [2.75, 3.05) is 47.5 Å². The molecule has 64 heavy (non-hydrogen) atoms. The molecule has 11 rings (SSSR count). The van der Waals surface area contributed by atoms with Crippen LogP contribution in [-0.4, -0.2) is 75.9 Å². The summed E-state index contributed by atoms with van der Waals surface area (Å²) in [4.78, 5) is 62.8. The summed E-state index contributed by atoms with van der Waals surface area (Å²) >= 11 is 0. The van der Waals surface area contributed by atoms with Crippen molar-refractivity contribution in [1.82, 2.24) is 24.6 Å². The van der Waals surface area contributed by atoms with E-state index in [1.165, 1.54) is 0 Å².